The van der Waals surface area contributed by atoms with Crippen molar-refractivity contribution in [2.45, 2.75) is 31.7 Å². The topological polar surface area (TPSA) is 114 Å². The van der Waals surface area contributed by atoms with Crippen molar-refractivity contribution < 1.29 is 28.3 Å². The molecule has 1 amide bonds. The van der Waals surface area contributed by atoms with Crippen LogP contribution in [0.4, 0.5) is 4.79 Å². The average Bonchev–Trinajstić information content (AvgIpc) is 3.68. The molecular weight excluding hydrogens is 498 g/mol. The predicted octanol–water partition coefficient (Wildman–Crippen LogP) is 4.78. The number of likely N-dealkylation sites (tertiary alicyclic amines) is 1. The van der Waals surface area contributed by atoms with Gasteiger partial charge in [0.25, 0.3) is 5.89 Å². The van der Waals surface area contributed by atoms with Gasteiger partial charge >= 0.3 is 0 Å². The lowest BCUT2D eigenvalue weighted by atomic mass is 9.87. The summed E-state index contributed by atoms with van der Waals surface area (Å²) < 4.78 is 22.7. The van der Waals surface area contributed by atoms with Crippen molar-refractivity contribution >= 4 is 16.9 Å². The standard InChI is InChI=1S/C30H27N3O6/c34-30(35)33-14-13-25(27(17-33)38-18-20-7-8-21-4-1-2-5-23(21)16-20)22-9-11-24(12-10-22)37-19-28-31-29(32-39-28)26-6-3-15-36-26/h1-12,15-16,25,27H,13-14,17-19H2,(H,34,35)/p-1. The number of carboxylic acid groups (broad SMARTS) is 1. The first-order valence-electron chi connectivity index (χ1n) is 12.8. The number of hydrogen-bond donors (Lipinski definition) is 0. The van der Waals surface area contributed by atoms with E-state index >= 15 is 0 Å². The summed E-state index contributed by atoms with van der Waals surface area (Å²) in [5, 5.41) is 17.8. The maximum Gasteiger partial charge on any atom is 0.264 e. The summed E-state index contributed by atoms with van der Waals surface area (Å²) in [6, 6.07) is 25.6. The number of aromatic nitrogens is 2. The zero-order chi connectivity index (χ0) is 26.6. The number of carbonyl (C=O) groups is 1. The monoisotopic (exact) mass is 524 g/mol. The maximum absolute atomic E-state index is 11.6. The molecule has 0 bridgehead atoms. The molecule has 0 saturated carbocycles. The number of fused-ring (bicyclic) bond motifs is 1. The number of hydrogen-bond acceptors (Lipinski definition) is 8. The molecule has 6 rings (SSSR count). The van der Waals surface area contributed by atoms with Gasteiger partial charge in [0.2, 0.25) is 5.82 Å². The average molecular weight is 525 g/mol. The highest BCUT2D eigenvalue weighted by molar-refractivity contribution is 5.82. The Kier molecular flexibility index (Phi) is 6.97. The first-order valence-corrected chi connectivity index (χ1v) is 12.8. The Hall–Kier alpha value is -4.63. The van der Waals surface area contributed by atoms with Crippen molar-refractivity contribution in [2.75, 3.05) is 13.1 Å². The zero-order valence-electron chi connectivity index (χ0n) is 21.1. The molecule has 0 radical (unpaired) electrons. The highest BCUT2D eigenvalue weighted by atomic mass is 16.5. The SMILES string of the molecule is O=C([O-])N1CCC(c2ccc(OCc3nc(-c4ccco4)no3)cc2)C(OCc2ccc3ccccc3c2)C1. The van der Waals surface area contributed by atoms with E-state index in [1.807, 2.05) is 42.5 Å². The Bertz CT molecular complexity index is 1550. The molecule has 5 aromatic rings. The Morgan fingerprint density at radius 1 is 1.00 bits per heavy atom. The van der Waals surface area contributed by atoms with Crippen LogP contribution in [-0.4, -0.2) is 40.3 Å². The van der Waals surface area contributed by atoms with Crippen LogP contribution in [0.2, 0.25) is 0 Å². The smallest absolute Gasteiger partial charge is 0.264 e. The van der Waals surface area contributed by atoms with Crippen molar-refractivity contribution in [3.8, 4) is 17.3 Å². The summed E-state index contributed by atoms with van der Waals surface area (Å²) in [6.45, 7) is 1.16. The van der Waals surface area contributed by atoms with Gasteiger partial charge in [-0.1, -0.05) is 53.7 Å². The lowest BCUT2D eigenvalue weighted by Gasteiger charge is -2.40. The summed E-state index contributed by atoms with van der Waals surface area (Å²) in [7, 11) is 0. The lowest BCUT2D eigenvalue weighted by molar-refractivity contribution is -0.268. The van der Waals surface area contributed by atoms with Crippen molar-refractivity contribution in [2.24, 2.45) is 0 Å². The molecule has 198 valence electrons. The third-order valence-corrected chi connectivity index (χ3v) is 6.98. The summed E-state index contributed by atoms with van der Waals surface area (Å²) in [5.74, 6) is 1.91. The van der Waals surface area contributed by atoms with Crippen LogP contribution in [0.25, 0.3) is 22.4 Å². The van der Waals surface area contributed by atoms with Crippen molar-refractivity contribution in [1.29, 1.82) is 0 Å². The van der Waals surface area contributed by atoms with E-state index in [4.69, 9.17) is 18.4 Å². The van der Waals surface area contributed by atoms with Crippen LogP contribution in [0, 0.1) is 0 Å². The lowest BCUT2D eigenvalue weighted by Crippen LogP contribution is -2.51. The molecule has 1 aliphatic rings. The second kappa shape index (κ2) is 11.0. The van der Waals surface area contributed by atoms with Crippen LogP contribution in [0.5, 0.6) is 5.75 Å². The van der Waals surface area contributed by atoms with Gasteiger partial charge in [-0.05, 0) is 58.7 Å². The van der Waals surface area contributed by atoms with Crippen molar-refractivity contribution in [3.63, 3.8) is 0 Å². The zero-order valence-corrected chi connectivity index (χ0v) is 21.1. The molecule has 1 aliphatic heterocycles. The van der Waals surface area contributed by atoms with E-state index in [1.54, 1.807) is 18.4 Å². The van der Waals surface area contributed by atoms with Crippen LogP contribution in [0.3, 0.4) is 0 Å². The van der Waals surface area contributed by atoms with Gasteiger partial charge in [-0.25, -0.2) is 0 Å². The molecular formula is C30H26N3O6-. The Morgan fingerprint density at radius 3 is 2.64 bits per heavy atom. The second-order valence-corrected chi connectivity index (χ2v) is 9.48. The molecule has 1 saturated heterocycles. The molecule has 2 unspecified atom stereocenters. The summed E-state index contributed by atoms with van der Waals surface area (Å²) >= 11 is 0. The molecule has 2 aromatic heterocycles. The van der Waals surface area contributed by atoms with E-state index in [1.165, 1.54) is 10.3 Å². The third-order valence-electron chi connectivity index (χ3n) is 6.98. The molecule has 0 spiro atoms. The molecule has 2 atom stereocenters. The van der Waals surface area contributed by atoms with Crippen LogP contribution >= 0.6 is 0 Å². The van der Waals surface area contributed by atoms with Gasteiger partial charge in [0.1, 0.15) is 11.8 Å². The number of nitrogens with zero attached hydrogens (tertiary/aromatic N) is 3. The molecule has 3 heterocycles. The number of piperidine rings is 1. The molecule has 39 heavy (non-hydrogen) atoms. The van der Waals surface area contributed by atoms with Gasteiger partial charge < -0.3 is 33.2 Å². The number of rotatable bonds is 8. The van der Waals surface area contributed by atoms with E-state index < -0.39 is 6.09 Å². The molecule has 1 fully saturated rings. The Morgan fingerprint density at radius 2 is 1.85 bits per heavy atom. The van der Waals surface area contributed by atoms with Crippen LogP contribution < -0.4 is 9.84 Å². The van der Waals surface area contributed by atoms with E-state index in [-0.39, 0.29) is 25.2 Å². The number of ether oxygens (including phenoxy) is 2. The number of furan rings is 1. The minimum Gasteiger partial charge on any atom is -0.530 e. The minimum absolute atomic E-state index is 0.0295. The second-order valence-electron chi connectivity index (χ2n) is 9.48. The van der Waals surface area contributed by atoms with Crippen LogP contribution in [0.1, 0.15) is 29.4 Å². The normalized spacial score (nSPS) is 17.4. The van der Waals surface area contributed by atoms with E-state index in [0.717, 1.165) is 16.5 Å². The highest BCUT2D eigenvalue weighted by Crippen LogP contribution is 2.32. The van der Waals surface area contributed by atoms with Gasteiger partial charge in [-0.15, -0.1) is 0 Å². The number of benzene rings is 3. The van der Waals surface area contributed by atoms with E-state index in [9.17, 15) is 9.90 Å². The van der Waals surface area contributed by atoms with Gasteiger partial charge in [0, 0.05) is 19.0 Å². The van der Waals surface area contributed by atoms with Gasteiger partial charge in [-0.2, -0.15) is 4.98 Å². The van der Waals surface area contributed by atoms with E-state index in [0.29, 0.717) is 42.8 Å². The quantitative estimate of drug-likeness (QED) is 0.285. The predicted molar refractivity (Wildman–Crippen MR) is 140 cm³/mol. The summed E-state index contributed by atoms with van der Waals surface area (Å²) in [5.41, 5.74) is 2.10. The largest absolute Gasteiger partial charge is 0.530 e. The maximum atomic E-state index is 11.6. The molecule has 3 aromatic carbocycles. The van der Waals surface area contributed by atoms with Crippen LogP contribution in [-0.2, 0) is 18.0 Å². The summed E-state index contributed by atoms with van der Waals surface area (Å²) in [4.78, 5) is 17.2. The fourth-order valence-electron chi connectivity index (χ4n) is 4.94. The fraction of sp³-hybridized carbons (Fsp3) is 0.233. The molecule has 0 aliphatic carbocycles. The van der Waals surface area contributed by atoms with E-state index in [2.05, 4.69) is 34.4 Å². The fourth-order valence-corrected chi connectivity index (χ4v) is 4.94. The Labute approximate surface area is 224 Å². The van der Waals surface area contributed by atoms with Crippen molar-refractivity contribution in [3.05, 3.63) is 102 Å². The number of amides is 1. The minimum atomic E-state index is -1.17. The molecule has 9 nitrogen and oxygen atoms in total. The van der Waals surface area contributed by atoms with Gasteiger partial charge in [-0.3, -0.25) is 0 Å². The first-order chi connectivity index (χ1) is 19.1. The van der Waals surface area contributed by atoms with Gasteiger partial charge in [0.15, 0.2) is 12.4 Å². The molecule has 0 N–H and O–H groups in total. The van der Waals surface area contributed by atoms with Crippen LogP contribution in [0.15, 0.2) is 94.1 Å². The number of carbonyl (C=O) groups excluding carboxylic acids is 1. The third kappa shape index (κ3) is 5.63. The highest BCUT2D eigenvalue weighted by Gasteiger charge is 2.31. The van der Waals surface area contributed by atoms with Crippen molar-refractivity contribution in [1.82, 2.24) is 15.0 Å². The Balaban J connectivity index is 1.11. The summed E-state index contributed by atoms with van der Waals surface area (Å²) in [6.07, 6.45) is 0.694. The first kappa shape index (κ1) is 24.7. The molecule has 9 heteroatoms. The van der Waals surface area contributed by atoms with Gasteiger partial charge in [0.05, 0.1) is 19.0 Å².